The number of methoxy groups -OCH3 is 1. The quantitative estimate of drug-likeness (QED) is 0.860. The van der Waals surface area contributed by atoms with Crippen LogP contribution in [0.5, 0.6) is 5.75 Å². The number of amides is 1. The number of hydrogen-bond donors (Lipinski definition) is 1. The molecule has 5 nitrogen and oxygen atoms in total. The van der Waals surface area contributed by atoms with Crippen molar-refractivity contribution in [3.05, 3.63) is 29.8 Å². The highest BCUT2D eigenvalue weighted by atomic mass is 16.5. The maximum atomic E-state index is 12.5. The average molecular weight is 279 g/mol. The number of ether oxygens (including phenoxy) is 1. The van der Waals surface area contributed by atoms with E-state index in [-0.39, 0.29) is 5.78 Å². The second-order valence-corrected chi connectivity index (χ2v) is 5.56. The molecule has 1 N–H and O–H groups in total. The summed E-state index contributed by atoms with van der Waals surface area (Å²) < 4.78 is 5.16. The number of hydrogen-bond acceptors (Lipinski definition) is 3. The SMILES string of the molecule is COc1ccccc1C(=O)[C@@H](C)N(C(=O)O)C(C)(C)C. The van der Waals surface area contributed by atoms with Gasteiger partial charge in [0.1, 0.15) is 5.75 Å². The van der Waals surface area contributed by atoms with Crippen LogP contribution < -0.4 is 4.74 Å². The van der Waals surface area contributed by atoms with Gasteiger partial charge in [-0.05, 0) is 39.8 Å². The molecule has 0 aromatic heterocycles. The van der Waals surface area contributed by atoms with Crippen molar-refractivity contribution in [2.45, 2.75) is 39.3 Å². The number of ketones is 1. The van der Waals surface area contributed by atoms with Crippen LogP contribution in [0.4, 0.5) is 4.79 Å². The summed E-state index contributed by atoms with van der Waals surface area (Å²) in [6.45, 7) is 6.86. The van der Waals surface area contributed by atoms with Gasteiger partial charge in [-0.1, -0.05) is 12.1 Å². The molecular formula is C15H21NO4. The highest BCUT2D eigenvalue weighted by Crippen LogP contribution is 2.24. The number of para-hydroxylation sites is 1. The summed E-state index contributed by atoms with van der Waals surface area (Å²) in [6.07, 6.45) is -1.12. The minimum Gasteiger partial charge on any atom is -0.496 e. The Labute approximate surface area is 119 Å². The molecule has 1 aromatic rings. The molecule has 0 fully saturated rings. The van der Waals surface area contributed by atoms with Crippen molar-refractivity contribution in [2.24, 2.45) is 0 Å². The normalized spacial score (nSPS) is 12.7. The average Bonchev–Trinajstić information content (AvgIpc) is 2.35. The Morgan fingerprint density at radius 3 is 2.25 bits per heavy atom. The minimum absolute atomic E-state index is 0.278. The first-order valence-corrected chi connectivity index (χ1v) is 6.39. The number of carbonyl (C=O) groups is 2. The Hall–Kier alpha value is -2.04. The number of carboxylic acid groups (broad SMARTS) is 1. The largest absolute Gasteiger partial charge is 0.496 e. The van der Waals surface area contributed by atoms with Crippen molar-refractivity contribution >= 4 is 11.9 Å². The number of nitrogens with zero attached hydrogens (tertiary/aromatic N) is 1. The van der Waals surface area contributed by atoms with Crippen LogP contribution in [-0.2, 0) is 0 Å². The lowest BCUT2D eigenvalue weighted by atomic mass is 9.98. The van der Waals surface area contributed by atoms with Crippen LogP contribution in [-0.4, -0.2) is 40.6 Å². The molecule has 1 amide bonds. The third-order valence-electron chi connectivity index (χ3n) is 3.07. The molecule has 0 aliphatic rings. The van der Waals surface area contributed by atoms with Gasteiger partial charge in [0, 0.05) is 5.54 Å². The molecule has 0 saturated carbocycles. The molecule has 20 heavy (non-hydrogen) atoms. The van der Waals surface area contributed by atoms with Gasteiger partial charge in [-0.3, -0.25) is 9.69 Å². The lowest BCUT2D eigenvalue weighted by Gasteiger charge is -2.37. The van der Waals surface area contributed by atoms with Gasteiger partial charge < -0.3 is 9.84 Å². The summed E-state index contributed by atoms with van der Waals surface area (Å²) in [5, 5.41) is 9.34. The molecule has 1 rings (SSSR count). The molecule has 0 aliphatic carbocycles. The van der Waals surface area contributed by atoms with E-state index in [1.54, 1.807) is 52.0 Å². The number of rotatable bonds is 4. The van der Waals surface area contributed by atoms with Gasteiger partial charge in [0.25, 0.3) is 0 Å². The predicted molar refractivity (Wildman–Crippen MR) is 76.4 cm³/mol. The second-order valence-electron chi connectivity index (χ2n) is 5.56. The van der Waals surface area contributed by atoms with Crippen LogP contribution in [0, 0.1) is 0 Å². The van der Waals surface area contributed by atoms with Crippen molar-refractivity contribution in [3.63, 3.8) is 0 Å². The third-order valence-corrected chi connectivity index (χ3v) is 3.07. The smallest absolute Gasteiger partial charge is 0.408 e. The van der Waals surface area contributed by atoms with Crippen molar-refractivity contribution in [2.75, 3.05) is 7.11 Å². The number of Topliss-reactive ketones (excluding diaryl/α,β-unsaturated/α-hetero) is 1. The van der Waals surface area contributed by atoms with Gasteiger partial charge >= 0.3 is 6.09 Å². The van der Waals surface area contributed by atoms with Crippen LogP contribution in [0.15, 0.2) is 24.3 Å². The molecule has 5 heteroatoms. The van der Waals surface area contributed by atoms with Crippen molar-refractivity contribution in [3.8, 4) is 5.75 Å². The van der Waals surface area contributed by atoms with E-state index in [0.29, 0.717) is 11.3 Å². The highest BCUT2D eigenvalue weighted by Gasteiger charge is 2.35. The van der Waals surface area contributed by atoms with E-state index < -0.39 is 17.7 Å². The molecular weight excluding hydrogens is 258 g/mol. The highest BCUT2D eigenvalue weighted by molar-refractivity contribution is 6.03. The van der Waals surface area contributed by atoms with E-state index in [1.807, 2.05) is 0 Å². The van der Waals surface area contributed by atoms with Crippen molar-refractivity contribution in [1.29, 1.82) is 0 Å². The molecule has 0 unspecified atom stereocenters. The van der Waals surface area contributed by atoms with Crippen LogP contribution in [0.2, 0.25) is 0 Å². The van der Waals surface area contributed by atoms with E-state index in [4.69, 9.17) is 4.74 Å². The lowest BCUT2D eigenvalue weighted by Crippen LogP contribution is -2.53. The Bertz CT molecular complexity index is 505. The fraction of sp³-hybridized carbons (Fsp3) is 0.467. The fourth-order valence-electron chi connectivity index (χ4n) is 2.22. The van der Waals surface area contributed by atoms with Crippen molar-refractivity contribution in [1.82, 2.24) is 4.90 Å². The maximum Gasteiger partial charge on any atom is 0.408 e. The van der Waals surface area contributed by atoms with Crippen LogP contribution in [0.25, 0.3) is 0 Å². The monoisotopic (exact) mass is 279 g/mol. The molecule has 0 aliphatic heterocycles. The number of benzene rings is 1. The molecule has 0 radical (unpaired) electrons. The first-order valence-electron chi connectivity index (χ1n) is 6.39. The zero-order valence-electron chi connectivity index (χ0n) is 12.5. The second kappa shape index (κ2) is 5.94. The van der Waals surface area contributed by atoms with Crippen LogP contribution in [0.1, 0.15) is 38.1 Å². The van der Waals surface area contributed by atoms with Crippen LogP contribution in [0.3, 0.4) is 0 Å². The molecule has 0 bridgehead atoms. The van der Waals surface area contributed by atoms with Crippen molar-refractivity contribution < 1.29 is 19.4 Å². The zero-order chi connectivity index (χ0) is 15.5. The van der Waals surface area contributed by atoms with Gasteiger partial charge in [-0.25, -0.2) is 4.79 Å². The van der Waals surface area contributed by atoms with Gasteiger partial charge in [0.05, 0.1) is 18.7 Å². The van der Waals surface area contributed by atoms with E-state index in [1.165, 1.54) is 7.11 Å². The summed E-state index contributed by atoms with van der Waals surface area (Å²) in [5.41, 5.74) is -0.277. The molecule has 0 heterocycles. The van der Waals surface area contributed by atoms with E-state index in [9.17, 15) is 14.7 Å². The summed E-state index contributed by atoms with van der Waals surface area (Å²) >= 11 is 0. The first kappa shape index (κ1) is 16.0. The van der Waals surface area contributed by atoms with Gasteiger partial charge in [-0.2, -0.15) is 0 Å². The van der Waals surface area contributed by atoms with E-state index in [0.717, 1.165) is 4.90 Å². The Kier molecular flexibility index (Phi) is 4.76. The molecule has 0 saturated heterocycles. The topological polar surface area (TPSA) is 66.8 Å². The minimum atomic E-state index is -1.12. The summed E-state index contributed by atoms with van der Waals surface area (Å²) in [7, 11) is 1.48. The maximum absolute atomic E-state index is 12.5. The molecule has 1 atom stereocenters. The fourth-order valence-corrected chi connectivity index (χ4v) is 2.22. The number of carbonyl (C=O) groups excluding carboxylic acids is 1. The van der Waals surface area contributed by atoms with Gasteiger partial charge in [0.2, 0.25) is 0 Å². The predicted octanol–water partition coefficient (Wildman–Crippen LogP) is 3.04. The summed E-state index contributed by atoms with van der Waals surface area (Å²) in [5.74, 6) is 0.170. The summed E-state index contributed by atoms with van der Waals surface area (Å²) in [6, 6.07) is 6.02. The third kappa shape index (κ3) is 3.29. The molecule has 110 valence electrons. The van der Waals surface area contributed by atoms with Gasteiger partial charge in [0.15, 0.2) is 5.78 Å². The lowest BCUT2D eigenvalue weighted by molar-refractivity contribution is 0.0587. The van der Waals surface area contributed by atoms with Crippen LogP contribution >= 0.6 is 0 Å². The molecule has 1 aromatic carbocycles. The Balaban J connectivity index is 3.16. The van der Waals surface area contributed by atoms with E-state index >= 15 is 0 Å². The first-order chi connectivity index (χ1) is 9.20. The van der Waals surface area contributed by atoms with Gasteiger partial charge in [-0.15, -0.1) is 0 Å². The Morgan fingerprint density at radius 2 is 1.80 bits per heavy atom. The standard InChI is InChI=1S/C15H21NO4/c1-10(16(14(18)19)15(2,3)4)13(17)11-8-6-7-9-12(11)20-5/h6-10H,1-5H3,(H,18,19)/t10-/m1/s1. The summed E-state index contributed by atoms with van der Waals surface area (Å²) in [4.78, 5) is 25.1. The zero-order valence-corrected chi connectivity index (χ0v) is 12.5. The Morgan fingerprint density at radius 1 is 1.25 bits per heavy atom. The molecule has 0 spiro atoms. The van der Waals surface area contributed by atoms with E-state index in [2.05, 4.69) is 0 Å².